The van der Waals surface area contributed by atoms with Crippen LogP contribution < -0.4 is 4.74 Å². The van der Waals surface area contributed by atoms with Crippen LogP contribution in [0.5, 0.6) is 5.75 Å². The Hall–Kier alpha value is -2.26. The molecule has 2 aromatic heterocycles. The van der Waals surface area contributed by atoms with Crippen molar-refractivity contribution in [2.24, 2.45) is 0 Å². The Kier molecular flexibility index (Phi) is 4.60. The summed E-state index contributed by atoms with van der Waals surface area (Å²) in [5.41, 5.74) is 3.89. The van der Waals surface area contributed by atoms with Gasteiger partial charge in [0.25, 0.3) is 0 Å². The zero-order valence-corrected chi connectivity index (χ0v) is 18.3. The molecule has 2 aromatic carbocycles. The minimum atomic E-state index is 0.756. The van der Waals surface area contributed by atoms with Crippen molar-refractivity contribution in [2.75, 3.05) is 32.8 Å². The van der Waals surface area contributed by atoms with Crippen molar-refractivity contribution in [1.82, 2.24) is 24.0 Å². The van der Waals surface area contributed by atoms with E-state index in [9.17, 15) is 0 Å². The number of fused-ring (bicyclic) bond motifs is 4. The summed E-state index contributed by atoms with van der Waals surface area (Å²) in [4.78, 5) is 5.95. The van der Waals surface area contributed by atoms with E-state index in [4.69, 9.17) is 22.1 Å². The molecule has 0 spiro atoms. The van der Waals surface area contributed by atoms with Gasteiger partial charge >= 0.3 is 0 Å². The Morgan fingerprint density at radius 3 is 2.77 bits per heavy atom. The second-order valence-corrected chi connectivity index (χ2v) is 9.42. The maximum absolute atomic E-state index is 5.75. The van der Waals surface area contributed by atoms with Gasteiger partial charge in [0, 0.05) is 39.1 Å². The summed E-state index contributed by atoms with van der Waals surface area (Å²) in [5, 5.41) is 4.79. The van der Waals surface area contributed by atoms with E-state index in [1.165, 1.54) is 15.8 Å². The highest BCUT2D eigenvalue weighted by molar-refractivity contribution is 7.71. The Balaban J connectivity index is 1.12. The van der Waals surface area contributed by atoms with Crippen LogP contribution in [0.3, 0.4) is 0 Å². The molecule has 0 unspecified atom stereocenters. The maximum atomic E-state index is 5.75. The number of piperazine rings is 1. The van der Waals surface area contributed by atoms with Crippen LogP contribution in [0.1, 0.15) is 11.1 Å². The molecule has 8 heteroatoms. The van der Waals surface area contributed by atoms with Gasteiger partial charge in [0.2, 0.25) is 9.73 Å². The zero-order valence-electron chi connectivity index (χ0n) is 16.7. The predicted octanol–water partition coefficient (Wildman–Crippen LogP) is 3.79. The molecular formula is C22H23N5OS2. The highest BCUT2D eigenvalue weighted by Gasteiger charge is 2.20. The molecule has 0 bridgehead atoms. The van der Waals surface area contributed by atoms with Gasteiger partial charge in [-0.3, -0.25) is 14.2 Å². The van der Waals surface area contributed by atoms with E-state index in [1.807, 2.05) is 4.68 Å². The highest BCUT2D eigenvalue weighted by atomic mass is 32.1. The van der Waals surface area contributed by atoms with Gasteiger partial charge in [-0.05, 0) is 41.5 Å². The number of ether oxygens (including phenoxy) is 1. The van der Waals surface area contributed by atoms with E-state index < -0.39 is 0 Å². The van der Waals surface area contributed by atoms with Crippen LogP contribution in [0.25, 0.3) is 15.2 Å². The number of hydrogen-bond donors (Lipinski definition) is 0. The lowest BCUT2D eigenvalue weighted by molar-refractivity contribution is 0.0983. The Bertz CT molecular complexity index is 1280. The molecule has 6 nitrogen and oxygen atoms in total. The van der Waals surface area contributed by atoms with Crippen LogP contribution in [-0.4, -0.2) is 56.8 Å². The molecule has 4 aromatic rings. The van der Waals surface area contributed by atoms with Crippen molar-refractivity contribution in [2.45, 2.75) is 19.6 Å². The lowest BCUT2D eigenvalue weighted by atomic mass is 10.1. The summed E-state index contributed by atoms with van der Waals surface area (Å²) in [6.45, 7) is 6.77. The molecule has 0 atom stereocenters. The highest BCUT2D eigenvalue weighted by Crippen LogP contribution is 2.27. The lowest BCUT2D eigenvalue weighted by Gasteiger charge is -2.34. The van der Waals surface area contributed by atoms with E-state index in [1.54, 1.807) is 11.3 Å². The fraction of sp³-hybridized carbons (Fsp3) is 0.364. The number of rotatable bonds is 4. The Morgan fingerprint density at radius 2 is 1.87 bits per heavy atom. The minimum Gasteiger partial charge on any atom is -0.493 e. The van der Waals surface area contributed by atoms with Gasteiger partial charge in [-0.1, -0.05) is 35.6 Å². The molecule has 0 N–H and O–H groups in total. The SMILES string of the molecule is S=c1n(CN2CCN(Cc3ccc4c(c3)CCO4)CC2)nc2sc3ccccc3n12. The standard InChI is InChI=1S/C22H23N5OS2/c29-22-26(23-21-27(22)18-3-1-2-4-20(18)30-21)15-25-10-8-24(9-11-25)14-16-5-6-19-17(13-16)7-12-28-19/h1-6,13H,7-12,14-15H2. The van der Waals surface area contributed by atoms with E-state index in [-0.39, 0.29) is 0 Å². The van der Waals surface area contributed by atoms with E-state index in [2.05, 4.69) is 56.7 Å². The van der Waals surface area contributed by atoms with Crippen LogP contribution in [0.4, 0.5) is 0 Å². The topological polar surface area (TPSA) is 37.9 Å². The van der Waals surface area contributed by atoms with E-state index in [0.29, 0.717) is 0 Å². The van der Waals surface area contributed by atoms with Crippen molar-refractivity contribution >= 4 is 38.7 Å². The molecule has 2 aliphatic rings. The number of benzene rings is 2. The Labute approximate surface area is 183 Å². The fourth-order valence-corrected chi connectivity index (χ4v) is 5.82. The largest absolute Gasteiger partial charge is 0.493 e. The number of nitrogens with zero attached hydrogens (tertiary/aromatic N) is 5. The molecule has 4 heterocycles. The number of aromatic nitrogens is 3. The Morgan fingerprint density at radius 1 is 1.03 bits per heavy atom. The van der Waals surface area contributed by atoms with Gasteiger partial charge in [-0.15, -0.1) is 5.10 Å². The molecule has 0 radical (unpaired) electrons. The first kappa shape index (κ1) is 18.5. The van der Waals surface area contributed by atoms with Crippen molar-refractivity contribution in [3.63, 3.8) is 0 Å². The van der Waals surface area contributed by atoms with Gasteiger partial charge in [0.05, 0.1) is 23.5 Å². The van der Waals surface area contributed by atoms with Crippen LogP contribution in [0.2, 0.25) is 0 Å². The van der Waals surface area contributed by atoms with E-state index in [0.717, 1.165) is 73.4 Å². The third kappa shape index (κ3) is 3.24. The first-order chi connectivity index (χ1) is 14.7. The molecule has 154 valence electrons. The molecule has 30 heavy (non-hydrogen) atoms. The predicted molar refractivity (Wildman–Crippen MR) is 122 cm³/mol. The average Bonchev–Trinajstić information content (AvgIpc) is 3.44. The van der Waals surface area contributed by atoms with E-state index >= 15 is 0 Å². The molecule has 6 rings (SSSR count). The van der Waals surface area contributed by atoms with Gasteiger partial charge < -0.3 is 4.74 Å². The lowest BCUT2D eigenvalue weighted by Crippen LogP contribution is -2.46. The molecule has 0 saturated carbocycles. The van der Waals surface area contributed by atoms with Crippen molar-refractivity contribution in [3.8, 4) is 5.75 Å². The molecule has 1 saturated heterocycles. The minimum absolute atomic E-state index is 0.756. The van der Waals surface area contributed by atoms with Gasteiger partial charge in [-0.2, -0.15) is 0 Å². The summed E-state index contributed by atoms with van der Waals surface area (Å²) >= 11 is 7.45. The number of thiazole rings is 1. The van der Waals surface area contributed by atoms with Crippen LogP contribution in [-0.2, 0) is 19.6 Å². The molecule has 0 amide bonds. The average molecular weight is 438 g/mol. The second-order valence-electron chi connectivity index (χ2n) is 8.05. The maximum Gasteiger partial charge on any atom is 0.216 e. The third-order valence-electron chi connectivity index (χ3n) is 6.08. The quantitative estimate of drug-likeness (QED) is 0.454. The van der Waals surface area contributed by atoms with Crippen LogP contribution in [0.15, 0.2) is 42.5 Å². The molecular weight excluding hydrogens is 414 g/mol. The zero-order chi connectivity index (χ0) is 20.1. The second kappa shape index (κ2) is 7.46. The molecule has 0 aliphatic carbocycles. The van der Waals surface area contributed by atoms with Gasteiger partial charge in [0.15, 0.2) is 0 Å². The fourth-order valence-electron chi connectivity index (χ4n) is 4.45. The monoisotopic (exact) mass is 437 g/mol. The summed E-state index contributed by atoms with van der Waals surface area (Å²) in [6, 6.07) is 15.0. The van der Waals surface area contributed by atoms with Crippen molar-refractivity contribution in [3.05, 3.63) is 58.4 Å². The van der Waals surface area contributed by atoms with Gasteiger partial charge in [-0.25, -0.2) is 4.68 Å². The normalized spacial score (nSPS) is 17.6. The summed E-state index contributed by atoms with van der Waals surface area (Å²) in [6.07, 6.45) is 1.04. The van der Waals surface area contributed by atoms with Gasteiger partial charge in [0.1, 0.15) is 5.75 Å². The summed E-state index contributed by atoms with van der Waals surface area (Å²) in [5.74, 6) is 1.06. The first-order valence-electron chi connectivity index (χ1n) is 10.4. The van der Waals surface area contributed by atoms with Crippen molar-refractivity contribution in [1.29, 1.82) is 0 Å². The van der Waals surface area contributed by atoms with Crippen molar-refractivity contribution < 1.29 is 4.74 Å². The first-order valence-corrected chi connectivity index (χ1v) is 11.6. The number of para-hydroxylation sites is 1. The molecule has 2 aliphatic heterocycles. The third-order valence-corrected chi connectivity index (χ3v) is 7.48. The van der Waals surface area contributed by atoms with Crippen LogP contribution >= 0.6 is 23.6 Å². The van der Waals surface area contributed by atoms with Crippen LogP contribution in [0, 0.1) is 4.77 Å². The number of hydrogen-bond acceptors (Lipinski definition) is 6. The molecule has 1 fully saturated rings. The smallest absolute Gasteiger partial charge is 0.216 e. The summed E-state index contributed by atoms with van der Waals surface area (Å²) < 4.78 is 11.7. The summed E-state index contributed by atoms with van der Waals surface area (Å²) in [7, 11) is 0.